The summed E-state index contributed by atoms with van der Waals surface area (Å²) in [5.74, 6) is -0.174. The van der Waals surface area contributed by atoms with Crippen molar-refractivity contribution < 1.29 is 9.18 Å². The van der Waals surface area contributed by atoms with Gasteiger partial charge < -0.3 is 0 Å². The number of nitrogens with zero attached hydrogens (tertiary/aromatic N) is 1. The van der Waals surface area contributed by atoms with Gasteiger partial charge >= 0.3 is 0 Å². The van der Waals surface area contributed by atoms with Crippen LogP contribution in [0.25, 0.3) is 10.9 Å². The van der Waals surface area contributed by atoms with E-state index in [1.807, 2.05) is 13.8 Å². The minimum absolute atomic E-state index is 0.0649. The maximum absolute atomic E-state index is 13.2. The van der Waals surface area contributed by atoms with Gasteiger partial charge in [-0.1, -0.05) is 13.8 Å². The zero-order chi connectivity index (χ0) is 12.6. The first-order valence-electron chi connectivity index (χ1n) is 5.60. The lowest BCUT2D eigenvalue weighted by Gasteiger charge is -2.09. The molecule has 0 fully saturated rings. The van der Waals surface area contributed by atoms with Crippen molar-refractivity contribution in [2.45, 2.75) is 26.7 Å². The van der Waals surface area contributed by atoms with Crippen molar-refractivity contribution >= 4 is 16.7 Å². The van der Waals surface area contributed by atoms with E-state index < -0.39 is 0 Å². The number of carbonyl (C=O) groups excluding carboxylic acids is 1. The van der Waals surface area contributed by atoms with Crippen LogP contribution in [-0.4, -0.2) is 10.8 Å². The number of hydrogen-bond acceptors (Lipinski definition) is 2. The summed E-state index contributed by atoms with van der Waals surface area (Å²) >= 11 is 0. The van der Waals surface area contributed by atoms with Crippen LogP contribution in [0.4, 0.5) is 4.39 Å². The molecule has 1 aromatic carbocycles. The molecule has 0 saturated carbocycles. The van der Waals surface area contributed by atoms with Gasteiger partial charge in [-0.25, -0.2) is 4.39 Å². The minimum atomic E-state index is -0.348. The van der Waals surface area contributed by atoms with Crippen LogP contribution in [0.15, 0.2) is 24.3 Å². The molecule has 17 heavy (non-hydrogen) atoms. The summed E-state index contributed by atoms with van der Waals surface area (Å²) < 4.78 is 13.2. The second-order valence-electron chi connectivity index (χ2n) is 4.47. The number of ketones is 1. The molecular formula is C14H14FNO. The predicted octanol–water partition coefficient (Wildman–Crippen LogP) is 3.70. The van der Waals surface area contributed by atoms with Gasteiger partial charge in [0.15, 0.2) is 5.78 Å². The third-order valence-corrected chi connectivity index (χ3v) is 2.76. The number of benzene rings is 1. The summed E-state index contributed by atoms with van der Waals surface area (Å²) in [5, 5.41) is 0.585. The Labute approximate surface area is 99.5 Å². The fraction of sp³-hybridized carbons (Fsp3) is 0.286. The van der Waals surface area contributed by atoms with Crippen LogP contribution in [0, 0.1) is 5.82 Å². The second kappa shape index (κ2) is 4.24. The zero-order valence-corrected chi connectivity index (χ0v) is 10.1. The Bertz CT molecular complexity index is 590. The van der Waals surface area contributed by atoms with Gasteiger partial charge in [0.05, 0.1) is 5.52 Å². The first-order chi connectivity index (χ1) is 7.99. The molecule has 0 N–H and O–H groups in total. The molecule has 1 aromatic heterocycles. The molecule has 0 aliphatic heterocycles. The molecule has 2 rings (SSSR count). The van der Waals surface area contributed by atoms with Gasteiger partial charge in [-0.2, -0.15) is 0 Å². The van der Waals surface area contributed by atoms with Crippen LogP contribution in [0.3, 0.4) is 0 Å². The van der Waals surface area contributed by atoms with E-state index >= 15 is 0 Å². The Morgan fingerprint density at radius 1 is 1.29 bits per heavy atom. The minimum Gasteiger partial charge on any atom is -0.294 e. The molecule has 0 aliphatic rings. The molecule has 0 radical (unpaired) electrons. The van der Waals surface area contributed by atoms with Crippen LogP contribution in [0.2, 0.25) is 0 Å². The van der Waals surface area contributed by atoms with Gasteiger partial charge in [0.25, 0.3) is 0 Å². The third kappa shape index (κ3) is 2.18. The average molecular weight is 231 g/mol. The molecule has 3 heteroatoms. The van der Waals surface area contributed by atoms with E-state index in [1.54, 1.807) is 12.1 Å². The van der Waals surface area contributed by atoms with E-state index in [9.17, 15) is 9.18 Å². The number of carbonyl (C=O) groups is 1. The monoisotopic (exact) mass is 231 g/mol. The fourth-order valence-corrected chi connectivity index (χ4v) is 1.81. The summed E-state index contributed by atoms with van der Waals surface area (Å²) in [7, 11) is 0. The van der Waals surface area contributed by atoms with Crippen molar-refractivity contribution in [1.29, 1.82) is 0 Å². The van der Waals surface area contributed by atoms with Crippen LogP contribution in [0.1, 0.15) is 42.7 Å². The molecule has 0 atom stereocenters. The van der Waals surface area contributed by atoms with Gasteiger partial charge in [-0.3, -0.25) is 9.78 Å². The number of fused-ring (bicyclic) bond motifs is 1. The number of pyridine rings is 1. The molecule has 0 aliphatic carbocycles. The second-order valence-corrected chi connectivity index (χ2v) is 4.47. The molecule has 0 amide bonds. The van der Waals surface area contributed by atoms with Crippen molar-refractivity contribution in [3.8, 4) is 0 Å². The number of rotatable bonds is 2. The Morgan fingerprint density at radius 3 is 2.59 bits per heavy atom. The van der Waals surface area contributed by atoms with Crippen LogP contribution in [0.5, 0.6) is 0 Å². The summed E-state index contributed by atoms with van der Waals surface area (Å²) in [6, 6.07) is 6.10. The van der Waals surface area contributed by atoms with E-state index in [0.717, 1.165) is 5.69 Å². The molecule has 2 nitrogen and oxygen atoms in total. The van der Waals surface area contributed by atoms with Crippen LogP contribution < -0.4 is 0 Å². The zero-order valence-electron chi connectivity index (χ0n) is 10.1. The van der Waals surface area contributed by atoms with Gasteiger partial charge in [0.2, 0.25) is 0 Å². The lowest BCUT2D eigenvalue weighted by atomic mass is 10.0. The average Bonchev–Trinajstić information content (AvgIpc) is 2.27. The first kappa shape index (κ1) is 11.7. The van der Waals surface area contributed by atoms with Gasteiger partial charge in [0, 0.05) is 16.6 Å². The summed E-state index contributed by atoms with van der Waals surface area (Å²) in [4.78, 5) is 16.0. The van der Waals surface area contributed by atoms with Crippen molar-refractivity contribution in [1.82, 2.24) is 4.98 Å². The maximum Gasteiger partial charge on any atom is 0.160 e. The van der Waals surface area contributed by atoms with E-state index in [2.05, 4.69) is 4.98 Å². The highest BCUT2D eigenvalue weighted by molar-refractivity contribution is 6.06. The number of Topliss-reactive ketones (excluding diaryl/α,β-unsaturated/α-hetero) is 1. The summed E-state index contributed by atoms with van der Waals surface area (Å²) in [6.07, 6.45) is 0. The van der Waals surface area contributed by atoms with Crippen LogP contribution >= 0.6 is 0 Å². The van der Waals surface area contributed by atoms with Gasteiger partial charge in [0.1, 0.15) is 5.82 Å². The highest BCUT2D eigenvalue weighted by Gasteiger charge is 2.12. The van der Waals surface area contributed by atoms with Crippen molar-refractivity contribution in [3.05, 3.63) is 41.3 Å². The highest BCUT2D eigenvalue weighted by Crippen LogP contribution is 2.23. The predicted molar refractivity (Wildman–Crippen MR) is 65.8 cm³/mol. The summed E-state index contributed by atoms with van der Waals surface area (Å²) in [6.45, 7) is 5.52. The first-order valence-corrected chi connectivity index (χ1v) is 5.60. The Morgan fingerprint density at radius 2 is 2.00 bits per heavy atom. The van der Waals surface area contributed by atoms with Crippen molar-refractivity contribution in [2.75, 3.05) is 0 Å². The van der Waals surface area contributed by atoms with E-state index in [4.69, 9.17) is 0 Å². The Kier molecular flexibility index (Phi) is 2.92. The van der Waals surface area contributed by atoms with Crippen molar-refractivity contribution in [2.24, 2.45) is 0 Å². The lowest BCUT2D eigenvalue weighted by molar-refractivity contribution is 0.101. The Balaban J connectivity index is 2.81. The number of halogens is 1. The van der Waals surface area contributed by atoms with E-state index in [-0.39, 0.29) is 17.5 Å². The topological polar surface area (TPSA) is 30.0 Å². The quantitative estimate of drug-likeness (QED) is 0.737. The molecular weight excluding hydrogens is 217 g/mol. The van der Waals surface area contributed by atoms with Gasteiger partial charge in [-0.15, -0.1) is 0 Å². The van der Waals surface area contributed by atoms with Gasteiger partial charge in [-0.05, 0) is 37.1 Å². The smallest absolute Gasteiger partial charge is 0.160 e. The lowest BCUT2D eigenvalue weighted by Crippen LogP contribution is -2.01. The SMILES string of the molecule is CC(=O)c1cc(C(C)C)nc2ccc(F)cc12. The molecule has 0 unspecified atom stereocenters. The van der Waals surface area contributed by atoms with E-state index in [1.165, 1.54) is 19.1 Å². The fourth-order valence-electron chi connectivity index (χ4n) is 1.81. The van der Waals surface area contributed by atoms with Crippen molar-refractivity contribution in [3.63, 3.8) is 0 Å². The molecule has 88 valence electrons. The standard InChI is InChI=1S/C14H14FNO/c1-8(2)14-7-11(9(3)17)12-6-10(15)4-5-13(12)16-14/h4-8H,1-3H3. The highest BCUT2D eigenvalue weighted by atomic mass is 19.1. The van der Waals surface area contributed by atoms with E-state index in [0.29, 0.717) is 16.5 Å². The third-order valence-electron chi connectivity index (χ3n) is 2.76. The number of hydrogen-bond donors (Lipinski definition) is 0. The summed E-state index contributed by atoms with van der Waals surface area (Å²) in [5.41, 5.74) is 2.07. The number of aromatic nitrogens is 1. The molecule has 2 aromatic rings. The maximum atomic E-state index is 13.2. The Hall–Kier alpha value is -1.77. The largest absolute Gasteiger partial charge is 0.294 e. The normalized spacial score (nSPS) is 11.1. The molecule has 1 heterocycles. The molecule has 0 spiro atoms. The molecule has 0 bridgehead atoms. The van der Waals surface area contributed by atoms with Crippen LogP contribution in [-0.2, 0) is 0 Å². The molecule has 0 saturated heterocycles.